The van der Waals surface area contributed by atoms with Crippen LogP contribution in [0.2, 0.25) is 0 Å². The lowest BCUT2D eigenvalue weighted by Crippen LogP contribution is -2.40. The van der Waals surface area contributed by atoms with Crippen molar-refractivity contribution in [2.45, 2.75) is 12.5 Å². The monoisotopic (exact) mass is 360 g/mol. The number of nitrogens with one attached hydrogen (secondary N) is 1. The van der Waals surface area contributed by atoms with Gasteiger partial charge in [-0.15, -0.1) is 0 Å². The Hall–Kier alpha value is -3.34. The maximum atomic E-state index is 13.2. The molecule has 1 unspecified atom stereocenters. The van der Waals surface area contributed by atoms with Crippen LogP contribution in [0.4, 0.5) is 0 Å². The fraction of sp³-hybridized carbons (Fsp3) is 0.182. The van der Waals surface area contributed by atoms with Gasteiger partial charge in [0.15, 0.2) is 0 Å². The van der Waals surface area contributed by atoms with E-state index in [1.807, 2.05) is 47.4 Å². The molecule has 0 aliphatic carbocycles. The molecular weight excluding hydrogens is 340 g/mol. The first-order valence-electron chi connectivity index (χ1n) is 8.89. The number of methoxy groups -OCH3 is 1. The molecule has 0 saturated carbocycles. The van der Waals surface area contributed by atoms with Crippen molar-refractivity contribution in [1.29, 1.82) is 0 Å². The summed E-state index contributed by atoms with van der Waals surface area (Å²) in [6, 6.07) is 18.8. The minimum absolute atomic E-state index is 0.103. The maximum absolute atomic E-state index is 13.2. The Morgan fingerprint density at radius 1 is 1.11 bits per heavy atom. The predicted molar refractivity (Wildman–Crippen MR) is 103 cm³/mol. The van der Waals surface area contributed by atoms with E-state index >= 15 is 0 Å². The number of nitrogens with zero attached hydrogens (tertiary/aromatic N) is 1. The van der Waals surface area contributed by atoms with Crippen molar-refractivity contribution in [1.82, 2.24) is 9.88 Å². The molecular formula is C22H20N2O3. The summed E-state index contributed by atoms with van der Waals surface area (Å²) in [6.07, 6.45) is 2.26. The quantitative estimate of drug-likeness (QED) is 0.780. The second-order valence-corrected chi connectivity index (χ2v) is 6.57. The number of rotatable bonds is 3. The molecule has 0 spiro atoms. The van der Waals surface area contributed by atoms with Gasteiger partial charge in [0.05, 0.1) is 18.7 Å². The number of amides is 1. The zero-order valence-corrected chi connectivity index (χ0v) is 15.0. The number of pyridine rings is 1. The molecule has 5 nitrogen and oxygen atoms in total. The van der Waals surface area contributed by atoms with Crippen LogP contribution >= 0.6 is 0 Å². The van der Waals surface area contributed by atoms with Crippen LogP contribution in [0.1, 0.15) is 33.1 Å². The van der Waals surface area contributed by atoms with Gasteiger partial charge in [0.2, 0.25) is 5.56 Å². The van der Waals surface area contributed by atoms with Crippen LogP contribution in [0.25, 0.3) is 0 Å². The second kappa shape index (κ2) is 7.11. The fourth-order valence-corrected chi connectivity index (χ4v) is 3.64. The van der Waals surface area contributed by atoms with E-state index in [2.05, 4.69) is 11.1 Å². The van der Waals surface area contributed by atoms with E-state index in [1.165, 1.54) is 17.8 Å². The van der Waals surface area contributed by atoms with Crippen LogP contribution in [0.5, 0.6) is 5.75 Å². The van der Waals surface area contributed by atoms with E-state index in [1.54, 1.807) is 13.2 Å². The van der Waals surface area contributed by atoms with E-state index in [0.29, 0.717) is 12.1 Å². The number of H-pyrrole nitrogens is 1. The maximum Gasteiger partial charge on any atom is 0.256 e. The third-order valence-electron chi connectivity index (χ3n) is 4.99. The SMILES string of the molecule is COc1ccc2c(c1)C(c1ccccc1)N(C(=O)c1ccc(=O)[nH]c1)CC2. The van der Waals surface area contributed by atoms with Gasteiger partial charge in [-0.1, -0.05) is 36.4 Å². The van der Waals surface area contributed by atoms with Crippen molar-refractivity contribution in [3.63, 3.8) is 0 Å². The normalized spacial score (nSPS) is 15.9. The first-order chi connectivity index (χ1) is 13.2. The molecule has 1 N–H and O–H groups in total. The number of fused-ring (bicyclic) bond motifs is 1. The Morgan fingerprint density at radius 3 is 2.63 bits per heavy atom. The van der Waals surface area contributed by atoms with Crippen molar-refractivity contribution in [2.75, 3.05) is 13.7 Å². The molecule has 136 valence electrons. The Morgan fingerprint density at radius 2 is 1.93 bits per heavy atom. The highest BCUT2D eigenvalue weighted by Gasteiger charge is 2.32. The molecule has 1 aliphatic heterocycles. The van der Waals surface area contributed by atoms with Gasteiger partial charge in [0.1, 0.15) is 5.75 Å². The summed E-state index contributed by atoms with van der Waals surface area (Å²) in [5.41, 5.74) is 3.59. The van der Waals surface area contributed by atoms with Crippen LogP contribution < -0.4 is 10.3 Å². The van der Waals surface area contributed by atoms with Crippen LogP contribution in [-0.4, -0.2) is 29.4 Å². The molecule has 2 heterocycles. The zero-order valence-electron chi connectivity index (χ0n) is 15.0. The van der Waals surface area contributed by atoms with E-state index < -0.39 is 0 Å². The highest BCUT2D eigenvalue weighted by Crippen LogP contribution is 2.37. The van der Waals surface area contributed by atoms with Gasteiger partial charge in [-0.25, -0.2) is 0 Å². The molecule has 0 bridgehead atoms. The molecule has 1 atom stereocenters. The van der Waals surface area contributed by atoms with Gasteiger partial charge in [-0.05, 0) is 41.3 Å². The number of carbonyl (C=O) groups excluding carboxylic acids is 1. The molecule has 5 heteroatoms. The summed E-state index contributed by atoms with van der Waals surface area (Å²) in [4.78, 5) is 29.0. The highest BCUT2D eigenvalue weighted by atomic mass is 16.5. The van der Waals surface area contributed by atoms with E-state index in [9.17, 15) is 9.59 Å². The number of hydrogen-bond donors (Lipinski definition) is 1. The number of aromatic nitrogens is 1. The fourth-order valence-electron chi connectivity index (χ4n) is 3.64. The molecule has 0 saturated heterocycles. The molecule has 4 rings (SSSR count). The molecule has 0 fully saturated rings. The lowest BCUT2D eigenvalue weighted by molar-refractivity contribution is 0.0694. The smallest absolute Gasteiger partial charge is 0.256 e. The van der Waals surface area contributed by atoms with Crippen LogP contribution in [0.3, 0.4) is 0 Å². The third kappa shape index (κ3) is 3.24. The van der Waals surface area contributed by atoms with Crippen molar-refractivity contribution >= 4 is 5.91 Å². The zero-order chi connectivity index (χ0) is 18.8. The van der Waals surface area contributed by atoms with Gasteiger partial charge in [-0.3, -0.25) is 9.59 Å². The first kappa shape index (κ1) is 17.1. The lowest BCUT2D eigenvalue weighted by atomic mass is 9.87. The second-order valence-electron chi connectivity index (χ2n) is 6.57. The van der Waals surface area contributed by atoms with Crippen LogP contribution in [0.15, 0.2) is 71.7 Å². The Kier molecular flexibility index (Phi) is 4.50. The molecule has 1 aromatic heterocycles. The minimum Gasteiger partial charge on any atom is -0.497 e. The van der Waals surface area contributed by atoms with E-state index in [4.69, 9.17) is 4.74 Å². The molecule has 0 radical (unpaired) electrons. The number of aromatic amines is 1. The summed E-state index contributed by atoms with van der Waals surface area (Å²) in [5, 5.41) is 0. The Bertz CT molecular complexity index is 1010. The number of carbonyl (C=O) groups is 1. The Labute approximate surface area is 157 Å². The van der Waals surface area contributed by atoms with Crippen molar-refractivity contribution in [3.8, 4) is 5.75 Å². The molecule has 27 heavy (non-hydrogen) atoms. The van der Waals surface area contributed by atoms with Crippen molar-refractivity contribution in [3.05, 3.63) is 99.5 Å². The summed E-state index contributed by atoms with van der Waals surface area (Å²) in [5.74, 6) is 0.668. The molecule has 1 amide bonds. The van der Waals surface area contributed by atoms with Gasteiger partial charge in [-0.2, -0.15) is 0 Å². The van der Waals surface area contributed by atoms with Gasteiger partial charge in [0.25, 0.3) is 5.91 Å². The molecule has 1 aliphatic rings. The average molecular weight is 360 g/mol. The van der Waals surface area contributed by atoms with Gasteiger partial charge < -0.3 is 14.6 Å². The van der Waals surface area contributed by atoms with Gasteiger partial charge >= 0.3 is 0 Å². The third-order valence-corrected chi connectivity index (χ3v) is 4.99. The van der Waals surface area contributed by atoms with E-state index in [0.717, 1.165) is 23.3 Å². The number of hydrogen-bond acceptors (Lipinski definition) is 3. The number of ether oxygens (including phenoxy) is 1. The summed E-state index contributed by atoms with van der Waals surface area (Å²) < 4.78 is 5.41. The molecule has 3 aromatic rings. The van der Waals surface area contributed by atoms with Crippen LogP contribution in [-0.2, 0) is 6.42 Å². The predicted octanol–water partition coefficient (Wildman–Crippen LogP) is 3.17. The van der Waals surface area contributed by atoms with Gasteiger partial charge in [0, 0.05) is 18.8 Å². The topological polar surface area (TPSA) is 62.4 Å². The molecule has 2 aromatic carbocycles. The lowest BCUT2D eigenvalue weighted by Gasteiger charge is -2.38. The van der Waals surface area contributed by atoms with Crippen LogP contribution in [0, 0.1) is 0 Å². The van der Waals surface area contributed by atoms with Crippen molar-refractivity contribution < 1.29 is 9.53 Å². The summed E-state index contributed by atoms with van der Waals surface area (Å²) in [6.45, 7) is 0.608. The Balaban J connectivity index is 1.82. The standard InChI is InChI=1S/C22H20N2O3/c1-27-18-9-7-15-11-12-24(22(26)17-8-10-20(25)23-14-17)21(19(15)13-18)16-5-3-2-4-6-16/h2-10,13-14,21H,11-12H2,1H3,(H,23,25). The highest BCUT2D eigenvalue weighted by molar-refractivity contribution is 5.94. The summed E-state index contributed by atoms with van der Waals surface area (Å²) in [7, 11) is 1.64. The van der Waals surface area contributed by atoms with E-state index in [-0.39, 0.29) is 17.5 Å². The summed E-state index contributed by atoms with van der Waals surface area (Å²) >= 11 is 0. The van der Waals surface area contributed by atoms with Crippen molar-refractivity contribution in [2.24, 2.45) is 0 Å². The average Bonchev–Trinajstić information content (AvgIpc) is 2.73. The number of benzene rings is 2. The first-order valence-corrected chi connectivity index (χ1v) is 8.89. The largest absolute Gasteiger partial charge is 0.497 e. The minimum atomic E-state index is -0.222.